The Morgan fingerprint density at radius 3 is 2.78 bits per heavy atom. The minimum Gasteiger partial charge on any atom is -0.467 e. The molecule has 0 aliphatic heterocycles. The van der Waals surface area contributed by atoms with Gasteiger partial charge < -0.3 is 10.1 Å². The summed E-state index contributed by atoms with van der Waals surface area (Å²) in [4.78, 5) is 21.9. The van der Waals surface area contributed by atoms with Crippen LogP contribution in [-0.2, 0) is 9.53 Å². The van der Waals surface area contributed by atoms with E-state index in [4.69, 9.17) is 0 Å². The number of hydrogen-bond donors (Lipinski definition) is 1. The zero-order valence-corrected chi connectivity index (χ0v) is 12.1. The molecule has 98 valence electrons. The smallest absolute Gasteiger partial charge is 0.328 e. The summed E-state index contributed by atoms with van der Waals surface area (Å²) in [6.45, 7) is 1.80. The lowest BCUT2D eigenvalue weighted by Gasteiger charge is -2.15. The molecule has 0 aliphatic rings. The predicted molar refractivity (Wildman–Crippen MR) is 75.5 cm³/mol. The SMILES string of the molecule is CCC(Nc1ccc(I)cc1[N+](=O)[O-])C(=O)OC. The zero-order valence-electron chi connectivity index (χ0n) is 9.97. The summed E-state index contributed by atoms with van der Waals surface area (Å²) >= 11 is 2.00. The first-order valence-electron chi connectivity index (χ1n) is 5.27. The van der Waals surface area contributed by atoms with E-state index in [0.717, 1.165) is 3.57 Å². The van der Waals surface area contributed by atoms with Crippen molar-refractivity contribution < 1.29 is 14.5 Å². The number of carbonyl (C=O) groups excluding carboxylic acids is 1. The van der Waals surface area contributed by atoms with Crippen molar-refractivity contribution in [1.82, 2.24) is 0 Å². The number of nitro benzene ring substituents is 1. The van der Waals surface area contributed by atoms with Crippen LogP contribution in [0.5, 0.6) is 0 Å². The van der Waals surface area contributed by atoms with Gasteiger partial charge in [0, 0.05) is 9.64 Å². The lowest BCUT2D eigenvalue weighted by molar-refractivity contribution is -0.384. The highest BCUT2D eigenvalue weighted by molar-refractivity contribution is 14.1. The Kier molecular flexibility index (Phi) is 5.32. The van der Waals surface area contributed by atoms with Crippen LogP contribution in [0.15, 0.2) is 18.2 Å². The molecule has 0 fully saturated rings. The van der Waals surface area contributed by atoms with Crippen LogP contribution in [0.25, 0.3) is 0 Å². The molecule has 0 aliphatic carbocycles. The number of benzene rings is 1. The van der Waals surface area contributed by atoms with Crippen molar-refractivity contribution in [2.24, 2.45) is 0 Å². The normalized spacial score (nSPS) is 11.7. The van der Waals surface area contributed by atoms with E-state index in [0.29, 0.717) is 12.1 Å². The monoisotopic (exact) mass is 364 g/mol. The highest BCUT2D eigenvalue weighted by Crippen LogP contribution is 2.27. The van der Waals surface area contributed by atoms with Gasteiger partial charge in [-0.2, -0.15) is 0 Å². The Balaban J connectivity index is 3.02. The number of nitro groups is 1. The summed E-state index contributed by atoms with van der Waals surface area (Å²) in [7, 11) is 1.29. The number of methoxy groups -OCH3 is 1. The molecule has 1 unspecified atom stereocenters. The summed E-state index contributed by atoms with van der Waals surface area (Å²) in [6.07, 6.45) is 0.482. The summed E-state index contributed by atoms with van der Waals surface area (Å²) < 4.78 is 5.39. The number of hydrogen-bond acceptors (Lipinski definition) is 5. The number of ether oxygens (including phenoxy) is 1. The third-order valence-corrected chi connectivity index (χ3v) is 3.05. The second kappa shape index (κ2) is 6.53. The van der Waals surface area contributed by atoms with Gasteiger partial charge in [0.25, 0.3) is 5.69 Å². The largest absolute Gasteiger partial charge is 0.467 e. The summed E-state index contributed by atoms with van der Waals surface area (Å²) in [6, 6.07) is 4.19. The Labute approximate surface area is 118 Å². The van der Waals surface area contributed by atoms with Crippen molar-refractivity contribution in [3.05, 3.63) is 31.9 Å². The van der Waals surface area contributed by atoms with E-state index in [1.54, 1.807) is 19.1 Å². The molecule has 1 rings (SSSR count). The van der Waals surface area contributed by atoms with Crippen LogP contribution < -0.4 is 5.32 Å². The molecule has 7 heteroatoms. The van der Waals surface area contributed by atoms with Crippen molar-refractivity contribution in [1.29, 1.82) is 0 Å². The van der Waals surface area contributed by atoms with E-state index < -0.39 is 16.9 Å². The first-order valence-corrected chi connectivity index (χ1v) is 6.35. The molecule has 1 atom stereocenters. The molecule has 1 N–H and O–H groups in total. The lowest BCUT2D eigenvalue weighted by Crippen LogP contribution is -2.30. The molecule has 0 heterocycles. The number of halogens is 1. The molecule has 1 aromatic carbocycles. The van der Waals surface area contributed by atoms with Gasteiger partial charge >= 0.3 is 5.97 Å². The molecule has 0 bridgehead atoms. The molecule has 0 spiro atoms. The van der Waals surface area contributed by atoms with E-state index in [1.165, 1.54) is 13.2 Å². The lowest BCUT2D eigenvalue weighted by atomic mass is 10.2. The predicted octanol–water partition coefficient (Wildman–Crippen LogP) is 2.56. The fourth-order valence-corrected chi connectivity index (χ4v) is 1.91. The van der Waals surface area contributed by atoms with Crippen LogP contribution in [0, 0.1) is 13.7 Å². The zero-order chi connectivity index (χ0) is 13.7. The molecule has 0 saturated carbocycles. The fraction of sp³-hybridized carbons (Fsp3) is 0.364. The first kappa shape index (κ1) is 14.7. The average molecular weight is 364 g/mol. The molecule has 0 radical (unpaired) electrons. The van der Waals surface area contributed by atoms with E-state index in [1.807, 2.05) is 22.6 Å². The molecule has 6 nitrogen and oxygen atoms in total. The van der Waals surface area contributed by atoms with Crippen LogP contribution in [0.3, 0.4) is 0 Å². The standard InChI is InChI=1S/C11H13IN2O4/c1-3-8(11(15)18-2)13-9-5-4-7(12)6-10(9)14(16)17/h4-6,8,13H,3H2,1-2H3. The fourth-order valence-electron chi connectivity index (χ4n) is 1.44. The van der Waals surface area contributed by atoms with Crippen molar-refractivity contribution in [3.63, 3.8) is 0 Å². The summed E-state index contributed by atoms with van der Waals surface area (Å²) in [5.41, 5.74) is 0.266. The van der Waals surface area contributed by atoms with E-state index in [-0.39, 0.29) is 5.69 Å². The third kappa shape index (κ3) is 3.56. The number of carbonyl (C=O) groups is 1. The summed E-state index contributed by atoms with van der Waals surface area (Å²) in [5.74, 6) is -0.439. The molecule has 1 aromatic rings. The van der Waals surface area contributed by atoms with Gasteiger partial charge in [-0.3, -0.25) is 10.1 Å². The molecule has 0 saturated heterocycles. The molecule has 18 heavy (non-hydrogen) atoms. The van der Waals surface area contributed by atoms with Crippen molar-refractivity contribution in [3.8, 4) is 0 Å². The molecule has 0 aromatic heterocycles. The minimum atomic E-state index is -0.589. The van der Waals surface area contributed by atoms with Crippen LogP contribution in [0.2, 0.25) is 0 Å². The third-order valence-electron chi connectivity index (χ3n) is 2.38. The van der Waals surface area contributed by atoms with Crippen LogP contribution in [0.1, 0.15) is 13.3 Å². The van der Waals surface area contributed by atoms with Gasteiger partial charge in [-0.05, 0) is 41.1 Å². The van der Waals surface area contributed by atoms with E-state index in [2.05, 4.69) is 10.1 Å². The minimum absolute atomic E-state index is 0.0516. The average Bonchev–Trinajstić information content (AvgIpc) is 2.36. The number of anilines is 1. The van der Waals surface area contributed by atoms with Crippen molar-refractivity contribution in [2.45, 2.75) is 19.4 Å². The summed E-state index contributed by atoms with van der Waals surface area (Å²) in [5, 5.41) is 13.8. The second-order valence-electron chi connectivity index (χ2n) is 3.55. The van der Waals surface area contributed by atoms with Gasteiger partial charge in [-0.25, -0.2) is 4.79 Å². The van der Waals surface area contributed by atoms with Gasteiger partial charge in [0.05, 0.1) is 12.0 Å². The number of rotatable bonds is 5. The van der Waals surface area contributed by atoms with Gasteiger partial charge in [0.1, 0.15) is 11.7 Å². The van der Waals surface area contributed by atoms with Crippen molar-refractivity contribution in [2.75, 3.05) is 12.4 Å². The van der Waals surface area contributed by atoms with Crippen molar-refractivity contribution >= 4 is 39.9 Å². The topological polar surface area (TPSA) is 81.5 Å². The Morgan fingerprint density at radius 1 is 1.61 bits per heavy atom. The molecular weight excluding hydrogens is 351 g/mol. The van der Waals surface area contributed by atoms with Crippen LogP contribution in [-0.4, -0.2) is 24.0 Å². The Morgan fingerprint density at radius 2 is 2.28 bits per heavy atom. The molecular formula is C11H13IN2O4. The van der Waals surface area contributed by atoms with E-state index in [9.17, 15) is 14.9 Å². The molecule has 0 amide bonds. The number of esters is 1. The van der Waals surface area contributed by atoms with Gasteiger partial charge in [-0.1, -0.05) is 6.92 Å². The highest BCUT2D eigenvalue weighted by Gasteiger charge is 2.21. The maximum Gasteiger partial charge on any atom is 0.328 e. The maximum atomic E-state index is 11.4. The highest BCUT2D eigenvalue weighted by atomic mass is 127. The van der Waals surface area contributed by atoms with Gasteiger partial charge in [0.15, 0.2) is 0 Å². The maximum absolute atomic E-state index is 11.4. The van der Waals surface area contributed by atoms with Gasteiger partial charge in [0.2, 0.25) is 0 Å². The van der Waals surface area contributed by atoms with Crippen LogP contribution >= 0.6 is 22.6 Å². The Bertz CT molecular complexity index is 464. The number of nitrogens with one attached hydrogen (secondary N) is 1. The Hall–Kier alpha value is -1.38. The quantitative estimate of drug-likeness (QED) is 0.376. The van der Waals surface area contributed by atoms with Crippen LogP contribution in [0.4, 0.5) is 11.4 Å². The number of nitrogens with zero attached hydrogens (tertiary/aromatic N) is 1. The van der Waals surface area contributed by atoms with E-state index >= 15 is 0 Å². The second-order valence-corrected chi connectivity index (χ2v) is 4.79. The van der Waals surface area contributed by atoms with Gasteiger partial charge in [-0.15, -0.1) is 0 Å². The first-order chi connectivity index (χ1) is 8.49.